The Hall–Kier alpha value is 2.21. The van der Waals surface area contributed by atoms with E-state index in [9.17, 15) is 0 Å². The van der Waals surface area contributed by atoms with E-state index in [1.807, 2.05) is 0 Å². The van der Waals surface area contributed by atoms with E-state index < -0.39 is 55.1 Å². The van der Waals surface area contributed by atoms with Crippen LogP contribution in [0.1, 0.15) is 249 Å². The van der Waals surface area contributed by atoms with Crippen LogP contribution in [0.3, 0.4) is 0 Å². The van der Waals surface area contributed by atoms with E-state index in [-0.39, 0.29) is 60.5 Å². The van der Waals surface area contributed by atoms with E-state index in [4.69, 9.17) is 0 Å². The highest BCUT2D eigenvalue weighted by atomic mass is 127. The average molecular weight is 1090 g/mol. The SMILES string of the molecule is CC(C)(C)[Si]([Si]1[Si](I)([Si](C(C)(C)C)(C(C)(C)C)C(C)(C)C)[Si]2([Si](C(C)(C)C)(C(C)(C)C)C(C)(C)C)CC=CC[Si]12[Si](C(C)(C)C)(C(C)(C)C)C(C)(C)C)(C(C)(C)C)C(C)(C)C. The molecule has 61 heavy (non-hydrogen) atoms. The van der Waals surface area contributed by atoms with Gasteiger partial charge in [-0.05, 0) is 72.5 Å². The molecule has 9 heteroatoms. The standard InChI is InChI=1S/C52H114ISi8/c1-41(2,3)57(42(4,5)6,43(7,8)9)54-55(58(44(10,11)12,45(13,14)15)46(16,17)18)39-37-38-40-56(55,59(47(19,20)21,48(22,23)24)49(25,26)27)61(54,53)60(50(28,29)30,51(31,32)33)52(34,35)36/h37-38H,39-40H2,1-36H3. The smallest absolute Gasteiger partial charge is 0.0941 e. The highest BCUT2D eigenvalue weighted by molar-refractivity contribution is 14.1. The van der Waals surface area contributed by atoms with Crippen LogP contribution in [0.15, 0.2) is 12.2 Å². The summed E-state index contributed by atoms with van der Waals surface area (Å²) in [6.07, 6.45) is 6.02. The van der Waals surface area contributed by atoms with Crippen LogP contribution in [0.4, 0.5) is 0 Å². The molecule has 2 rings (SSSR count). The Morgan fingerprint density at radius 2 is 0.525 bits per heavy atom. The second kappa shape index (κ2) is 15.4. The lowest BCUT2D eigenvalue weighted by Gasteiger charge is -2.95. The maximum atomic E-state index is 3.89. The molecule has 361 valence electrons. The summed E-state index contributed by atoms with van der Waals surface area (Å²) in [6, 6.07) is 3.05. The first-order valence-corrected chi connectivity index (χ1v) is 52.1. The molecule has 0 aromatic carbocycles. The lowest BCUT2D eigenvalue weighted by atomic mass is 10.2. The minimum Gasteiger partial charge on any atom is -0.130 e. The summed E-state index contributed by atoms with van der Waals surface area (Å²) in [5.41, 5.74) is 0. The highest BCUT2D eigenvalue weighted by Crippen LogP contribution is 2.87. The molecule has 0 N–H and O–H groups in total. The van der Waals surface area contributed by atoms with Crippen LogP contribution in [0, 0.1) is 0 Å². The molecular weight excluding hydrogens is 976 g/mol. The Morgan fingerprint density at radius 3 is 0.721 bits per heavy atom. The van der Waals surface area contributed by atoms with Gasteiger partial charge in [-0.1, -0.05) is 261 Å². The van der Waals surface area contributed by atoms with Crippen molar-refractivity contribution in [3.05, 3.63) is 12.2 Å². The molecule has 2 heterocycles. The van der Waals surface area contributed by atoms with Crippen LogP contribution in [0.5, 0.6) is 0 Å². The van der Waals surface area contributed by atoms with Crippen molar-refractivity contribution in [3.63, 3.8) is 0 Å². The molecular formula is C52H114ISi8. The van der Waals surface area contributed by atoms with E-state index in [0.717, 1.165) is 0 Å². The molecule has 0 saturated carbocycles. The third kappa shape index (κ3) is 6.79. The van der Waals surface area contributed by atoms with Gasteiger partial charge >= 0.3 is 0 Å². The minimum atomic E-state index is -2.48. The van der Waals surface area contributed by atoms with Gasteiger partial charge in [0.05, 0.1) is 34.5 Å². The second-order valence-electron chi connectivity index (χ2n) is 33.7. The van der Waals surface area contributed by atoms with E-state index in [1.54, 1.807) is 0 Å². The number of allylic oxidation sites excluding steroid dienone is 2. The molecule has 0 nitrogen and oxygen atoms in total. The molecule has 1 saturated heterocycles. The van der Waals surface area contributed by atoms with Crippen molar-refractivity contribution >= 4 is 76.9 Å². The van der Waals surface area contributed by atoms with Crippen molar-refractivity contribution in [3.8, 4) is 0 Å². The first-order valence-electron chi connectivity index (χ1n) is 25.0. The van der Waals surface area contributed by atoms with Crippen LogP contribution in [0.25, 0.3) is 0 Å². The van der Waals surface area contributed by atoms with Gasteiger partial charge in [0, 0.05) is 20.6 Å². The Bertz CT molecular complexity index is 1500. The second-order valence-corrected chi connectivity index (χ2v) is 132. The zero-order valence-corrected chi connectivity index (χ0v) is 59.1. The topological polar surface area (TPSA) is 0 Å². The number of halogens is 1. The Morgan fingerprint density at radius 1 is 0.311 bits per heavy atom. The Labute approximate surface area is 407 Å². The van der Waals surface area contributed by atoms with Gasteiger partial charge < -0.3 is 0 Å². The van der Waals surface area contributed by atoms with Crippen LogP contribution in [-0.2, 0) is 0 Å². The van der Waals surface area contributed by atoms with Crippen LogP contribution in [0.2, 0.25) is 72.5 Å². The third-order valence-electron chi connectivity index (χ3n) is 18.8. The number of fused-ring (bicyclic) bond motifs is 1. The summed E-state index contributed by atoms with van der Waals surface area (Å²) in [5, 5.41) is 3.12. The van der Waals surface area contributed by atoms with Gasteiger partial charge in [-0.25, -0.2) is 0 Å². The molecule has 3 atom stereocenters. The quantitative estimate of drug-likeness (QED) is 0.114. The number of hydrogen-bond acceptors (Lipinski definition) is 0. The van der Waals surface area contributed by atoms with Gasteiger partial charge in [-0.2, -0.15) is 0 Å². The molecule has 2 aliphatic heterocycles. The molecule has 0 aliphatic carbocycles. The number of hydrogen-bond donors (Lipinski definition) is 0. The van der Waals surface area contributed by atoms with Gasteiger partial charge in [-0.3, -0.25) is 0 Å². The van der Waals surface area contributed by atoms with Gasteiger partial charge in [0.25, 0.3) is 0 Å². The first kappa shape index (κ1) is 59.3. The van der Waals surface area contributed by atoms with Crippen LogP contribution >= 0.6 is 21.8 Å². The van der Waals surface area contributed by atoms with Crippen molar-refractivity contribution in [2.75, 3.05) is 0 Å². The largest absolute Gasteiger partial charge is 0.130 e. The van der Waals surface area contributed by atoms with E-state index in [1.165, 1.54) is 12.1 Å². The van der Waals surface area contributed by atoms with Crippen molar-refractivity contribution in [1.29, 1.82) is 0 Å². The molecule has 0 aromatic rings. The van der Waals surface area contributed by atoms with E-state index in [2.05, 4.69) is 283 Å². The predicted octanol–water partition coefficient (Wildman–Crippen LogP) is 20.4. The zero-order valence-electron chi connectivity index (χ0n) is 48.9. The molecule has 3 unspecified atom stereocenters. The highest BCUT2D eigenvalue weighted by Gasteiger charge is 3.03. The summed E-state index contributed by atoms with van der Waals surface area (Å²) in [5.74, 6) is 0. The molecule has 0 bridgehead atoms. The number of rotatable bonds is 4. The van der Waals surface area contributed by atoms with Crippen molar-refractivity contribution < 1.29 is 0 Å². The normalized spacial score (nSPS) is 26.0. The predicted molar refractivity (Wildman–Crippen MR) is 315 cm³/mol. The summed E-state index contributed by atoms with van der Waals surface area (Å²) in [7, 11) is -10.9. The van der Waals surface area contributed by atoms with E-state index in [0.29, 0.717) is 0 Å². The lowest BCUT2D eigenvalue weighted by molar-refractivity contribution is 0.545. The van der Waals surface area contributed by atoms with Gasteiger partial charge in [0.1, 0.15) is 0 Å². The van der Waals surface area contributed by atoms with Crippen LogP contribution < -0.4 is 0 Å². The van der Waals surface area contributed by atoms with Gasteiger partial charge in [0.2, 0.25) is 0 Å². The van der Waals surface area contributed by atoms with Gasteiger partial charge in [0.15, 0.2) is 0 Å². The monoisotopic (exact) mass is 1090 g/mol. The molecule has 1 fully saturated rings. The third-order valence-corrected chi connectivity index (χ3v) is 267. The molecule has 2 aliphatic rings. The van der Waals surface area contributed by atoms with Crippen LogP contribution in [-0.4, -0.2) is 55.1 Å². The fourth-order valence-corrected chi connectivity index (χ4v) is 573. The molecule has 0 amide bonds. The Kier molecular flexibility index (Phi) is 14.9. The van der Waals surface area contributed by atoms with Crippen molar-refractivity contribution in [2.24, 2.45) is 0 Å². The lowest BCUT2D eigenvalue weighted by Crippen LogP contribution is -3.22. The summed E-state index contributed by atoms with van der Waals surface area (Å²) in [6.45, 7) is 99.2. The molecule has 0 aromatic heterocycles. The van der Waals surface area contributed by atoms with Crippen molar-refractivity contribution in [1.82, 2.24) is 0 Å². The fourth-order valence-electron chi connectivity index (χ4n) is 24.6. The first-order chi connectivity index (χ1) is 25.8. The molecule has 0 spiro atoms. The fraction of sp³-hybridized carbons (Fsp3) is 0.962. The Balaban J connectivity index is 4.54. The average Bonchev–Trinajstić information content (AvgIpc) is 2.82. The maximum Gasteiger partial charge on any atom is 0.0941 e. The summed E-state index contributed by atoms with van der Waals surface area (Å²) < 4.78 is -2.45. The molecule has 1 radical (unpaired) electrons. The van der Waals surface area contributed by atoms with E-state index >= 15 is 0 Å². The summed E-state index contributed by atoms with van der Waals surface area (Å²) >= 11 is 3.89. The summed E-state index contributed by atoms with van der Waals surface area (Å²) in [4.78, 5) is 0. The maximum absolute atomic E-state index is 3.89. The van der Waals surface area contributed by atoms with Crippen molar-refractivity contribution in [2.45, 2.75) is 322 Å². The minimum absolute atomic E-state index is 0.256. The zero-order chi connectivity index (χ0) is 49.9. The van der Waals surface area contributed by atoms with Gasteiger partial charge in [-0.15, -0.1) is 21.8 Å².